The Balaban J connectivity index is 2.51. The van der Waals surface area contributed by atoms with E-state index in [0.29, 0.717) is 6.54 Å². The molecular formula is C10H14BrN3. The largest absolute Gasteiger partial charge is 0.387 e. The summed E-state index contributed by atoms with van der Waals surface area (Å²) in [5.74, 6) is 0.199. The van der Waals surface area contributed by atoms with Crippen LogP contribution >= 0.6 is 15.9 Å². The van der Waals surface area contributed by atoms with Crippen LogP contribution in [-0.4, -0.2) is 24.3 Å². The van der Waals surface area contributed by atoms with Crippen LogP contribution in [0.4, 0.5) is 0 Å². The fourth-order valence-electron chi connectivity index (χ4n) is 1.25. The van der Waals surface area contributed by atoms with Crippen molar-refractivity contribution < 1.29 is 0 Å². The predicted molar refractivity (Wildman–Crippen MR) is 62.4 cm³/mol. The minimum absolute atomic E-state index is 0.199. The van der Waals surface area contributed by atoms with Crippen molar-refractivity contribution in [3.63, 3.8) is 0 Å². The lowest BCUT2D eigenvalue weighted by Crippen LogP contribution is -2.29. The standard InChI is InChI=1S/C10H14BrN3/c1-14(7-10(12)13)6-8-2-4-9(11)5-3-8/h2-5H,6-7H2,1H3,(H3,12,13). The first-order valence-corrected chi connectivity index (χ1v) is 5.13. The molecule has 0 saturated heterocycles. The van der Waals surface area contributed by atoms with Crippen molar-refractivity contribution in [1.29, 1.82) is 5.41 Å². The van der Waals surface area contributed by atoms with E-state index in [1.54, 1.807) is 0 Å². The quantitative estimate of drug-likeness (QED) is 0.637. The summed E-state index contributed by atoms with van der Waals surface area (Å²) in [5, 5.41) is 7.15. The van der Waals surface area contributed by atoms with Gasteiger partial charge in [-0.25, -0.2) is 0 Å². The van der Waals surface area contributed by atoms with E-state index in [0.717, 1.165) is 11.0 Å². The molecule has 0 unspecified atom stereocenters. The van der Waals surface area contributed by atoms with Gasteiger partial charge in [-0.2, -0.15) is 0 Å². The van der Waals surface area contributed by atoms with Gasteiger partial charge >= 0.3 is 0 Å². The van der Waals surface area contributed by atoms with Gasteiger partial charge in [-0.3, -0.25) is 10.3 Å². The third kappa shape index (κ3) is 3.89. The molecule has 0 aliphatic carbocycles. The second kappa shape index (κ2) is 5.12. The molecule has 0 aromatic heterocycles. The lowest BCUT2D eigenvalue weighted by molar-refractivity contribution is 0.372. The van der Waals surface area contributed by atoms with Crippen LogP contribution in [0.1, 0.15) is 5.56 Å². The van der Waals surface area contributed by atoms with Gasteiger partial charge in [0.2, 0.25) is 0 Å². The molecule has 0 bridgehead atoms. The van der Waals surface area contributed by atoms with E-state index in [1.165, 1.54) is 5.56 Å². The number of rotatable bonds is 4. The Kier molecular flexibility index (Phi) is 4.10. The van der Waals surface area contributed by atoms with Gasteiger partial charge in [0.15, 0.2) is 0 Å². The average Bonchev–Trinajstić information content (AvgIpc) is 2.07. The molecule has 0 aliphatic rings. The molecule has 0 atom stereocenters. The molecule has 1 aromatic rings. The highest BCUT2D eigenvalue weighted by Gasteiger charge is 2.01. The predicted octanol–water partition coefficient (Wildman–Crippen LogP) is 1.82. The normalized spacial score (nSPS) is 10.5. The molecule has 0 saturated carbocycles. The van der Waals surface area contributed by atoms with Crippen LogP contribution in [0, 0.1) is 5.41 Å². The summed E-state index contributed by atoms with van der Waals surface area (Å²) in [4.78, 5) is 2.01. The Morgan fingerprint density at radius 3 is 2.50 bits per heavy atom. The van der Waals surface area contributed by atoms with Gasteiger partial charge in [-0.15, -0.1) is 0 Å². The topological polar surface area (TPSA) is 53.1 Å². The number of hydrogen-bond acceptors (Lipinski definition) is 2. The van der Waals surface area contributed by atoms with Crippen molar-refractivity contribution in [3.8, 4) is 0 Å². The number of nitrogens with one attached hydrogen (secondary N) is 1. The monoisotopic (exact) mass is 255 g/mol. The van der Waals surface area contributed by atoms with Crippen molar-refractivity contribution in [1.82, 2.24) is 4.90 Å². The molecule has 0 heterocycles. The molecular weight excluding hydrogens is 242 g/mol. The Morgan fingerprint density at radius 1 is 1.43 bits per heavy atom. The third-order valence-electron chi connectivity index (χ3n) is 1.81. The Labute approximate surface area is 92.5 Å². The Hall–Kier alpha value is -0.870. The van der Waals surface area contributed by atoms with E-state index in [-0.39, 0.29) is 5.84 Å². The van der Waals surface area contributed by atoms with Gasteiger partial charge in [0.1, 0.15) is 5.84 Å². The number of amidine groups is 1. The number of halogens is 1. The molecule has 0 fully saturated rings. The lowest BCUT2D eigenvalue weighted by Gasteiger charge is -2.15. The molecule has 0 radical (unpaired) electrons. The maximum atomic E-state index is 7.15. The number of likely N-dealkylation sites (N-methyl/N-ethyl adjacent to an activating group) is 1. The number of nitrogens with zero attached hydrogens (tertiary/aromatic N) is 1. The maximum Gasteiger partial charge on any atom is 0.105 e. The van der Waals surface area contributed by atoms with Gasteiger partial charge in [0.05, 0.1) is 6.54 Å². The van der Waals surface area contributed by atoms with Crippen molar-refractivity contribution in [3.05, 3.63) is 34.3 Å². The molecule has 0 aliphatic heterocycles. The maximum absolute atomic E-state index is 7.15. The van der Waals surface area contributed by atoms with E-state index in [2.05, 4.69) is 28.1 Å². The van der Waals surface area contributed by atoms with Crippen molar-refractivity contribution >= 4 is 21.8 Å². The van der Waals surface area contributed by atoms with Crippen LogP contribution in [-0.2, 0) is 6.54 Å². The first-order valence-electron chi connectivity index (χ1n) is 4.34. The smallest absolute Gasteiger partial charge is 0.105 e. The number of hydrogen-bond donors (Lipinski definition) is 2. The summed E-state index contributed by atoms with van der Waals surface area (Å²) in [6, 6.07) is 8.13. The Bertz CT molecular complexity index is 308. The highest BCUT2D eigenvalue weighted by Crippen LogP contribution is 2.11. The zero-order valence-electron chi connectivity index (χ0n) is 8.13. The molecule has 3 nitrogen and oxygen atoms in total. The van der Waals surface area contributed by atoms with E-state index in [4.69, 9.17) is 11.1 Å². The second-order valence-electron chi connectivity index (χ2n) is 3.32. The highest BCUT2D eigenvalue weighted by molar-refractivity contribution is 9.10. The van der Waals surface area contributed by atoms with Gasteiger partial charge in [0, 0.05) is 11.0 Å². The minimum atomic E-state index is 0.199. The van der Waals surface area contributed by atoms with Crippen molar-refractivity contribution in [2.24, 2.45) is 5.73 Å². The fourth-order valence-corrected chi connectivity index (χ4v) is 1.51. The summed E-state index contributed by atoms with van der Waals surface area (Å²) in [7, 11) is 1.95. The highest BCUT2D eigenvalue weighted by atomic mass is 79.9. The van der Waals surface area contributed by atoms with Crippen LogP contribution in [0.5, 0.6) is 0 Å². The van der Waals surface area contributed by atoms with E-state index < -0.39 is 0 Å². The summed E-state index contributed by atoms with van der Waals surface area (Å²) in [6.07, 6.45) is 0. The molecule has 76 valence electrons. The van der Waals surface area contributed by atoms with E-state index in [9.17, 15) is 0 Å². The van der Waals surface area contributed by atoms with Crippen LogP contribution in [0.2, 0.25) is 0 Å². The summed E-state index contributed by atoms with van der Waals surface area (Å²) < 4.78 is 1.08. The van der Waals surface area contributed by atoms with Gasteiger partial charge in [-0.05, 0) is 24.7 Å². The summed E-state index contributed by atoms with van der Waals surface area (Å²) in [5.41, 5.74) is 6.52. The molecule has 1 rings (SSSR count). The molecule has 3 N–H and O–H groups in total. The van der Waals surface area contributed by atoms with Crippen LogP contribution in [0.25, 0.3) is 0 Å². The second-order valence-corrected chi connectivity index (χ2v) is 4.24. The fraction of sp³-hybridized carbons (Fsp3) is 0.300. The van der Waals surface area contributed by atoms with Crippen molar-refractivity contribution in [2.75, 3.05) is 13.6 Å². The zero-order valence-corrected chi connectivity index (χ0v) is 9.71. The first-order chi connectivity index (χ1) is 6.58. The van der Waals surface area contributed by atoms with E-state index in [1.807, 2.05) is 24.1 Å². The zero-order chi connectivity index (χ0) is 10.6. The Morgan fingerprint density at radius 2 is 2.00 bits per heavy atom. The average molecular weight is 256 g/mol. The molecule has 1 aromatic carbocycles. The summed E-state index contributed by atoms with van der Waals surface area (Å²) >= 11 is 3.38. The molecule has 0 amide bonds. The van der Waals surface area contributed by atoms with E-state index >= 15 is 0 Å². The minimum Gasteiger partial charge on any atom is -0.387 e. The van der Waals surface area contributed by atoms with Crippen LogP contribution in [0.3, 0.4) is 0 Å². The SMILES string of the molecule is CN(CC(=N)N)Cc1ccc(Br)cc1. The van der Waals surface area contributed by atoms with Crippen LogP contribution in [0.15, 0.2) is 28.7 Å². The van der Waals surface area contributed by atoms with Gasteiger partial charge in [-0.1, -0.05) is 28.1 Å². The third-order valence-corrected chi connectivity index (χ3v) is 2.33. The van der Waals surface area contributed by atoms with Crippen LogP contribution < -0.4 is 5.73 Å². The molecule has 14 heavy (non-hydrogen) atoms. The number of benzene rings is 1. The van der Waals surface area contributed by atoms with Gasteiger partial charge in [0.25, 0.3) is 0 Å². The lowest BCUT2D eigenvalue weighted by atomic mass is 10.2. The van der Waals surface area contributed by atoms with Crippen molar-refractivity contribution in [2.45, 2.75) is 6.54 Å². The summed E-state index contributed by atoms with van der Waals surface area (Å²) in [6.45, 7) is 1.32. The van der Waals surface area contributed by atoms with Gasteiger partial charge < -0.3 is 5.73 Å². The molecule has 4 heteroatoms. The number of nitrogens with two attached hydrogens (primary N) is 1. The molecule has 0 spiro atoms. The first kappa shape index (κ1) is 11.2.